The summed E-state index contributed by atoms with van der Waals surface area (Å²) in [5, 5.41) is 0. The van der Waals surface area contributed by atoms with Crippen molar-refractivity contribution in [3.05, 3.63) is 35.9 Å². The van der Waals surface area contributed by atoms with Crippen molar-refractivity contribution in [1.29, 1.82) is 0 Å². The molecule has 104 valence electrons. The maximum atomic E-state index is 11.8. The molecule has 1 atom stereocenters. The molecule has 0 saturated heterocycles. The Morgan fingerprint density at radius 3 is 2.42 bits per heavy atom. The Balaban J connectivity index is 2.49. The van der Waals surface area contributed by atoms with Gasteiger partial charge in [-0.3, -0.25) is 9.59 Å². The number of ether oxygens (including phenoxy) is 2. The number of rotatable bonds is 6. The third-order valence-corrected chi connectivity index (χ3v) is 2.50. The quantitative estimate of drug-likeness (QED) is 0.786. The highest BCUT2D eigenvalue weighted by Crippen LogP contribution is 2.11. The molecule has 0 amide bonds. The van der Waals surface area contributed by atoms with Crippen LogP contribution in [0.4, 0.5) is 0 Å². The standard InChI is InChI=1S/C14H19NO4/c1-3-18-12(16)9-14(2,15)13(17)19-10-11-7-5-4-6-8-11/h4-8H,3,9-10,15H2,1-2H3/t14-/m1/s1. The van der Waals surface area contributed by atoms with Crippen LogP contribution in [0.1, 0.15) is 25.8 Å². The zero-order chi connectivity index (χ0) is 14.3. The molecule has 1 aromatic carbocycles. The summed E-state index contributed by atoms with van der Waals surface area (Å²) in [4.78, 5) is 23.2. The van der Waals surface area contributed by atoms with E-state index in [9.17, 15) is 9.59 Å². The van der Waals surface area contributed by atoms with Crippen LogP contribution < -0.4 is 5.73 Å². The molecule has 5 heteroatoms. The van der Waals surface area contributed by atoms with Crippen molar-refractivity contribution >= 4 is 11.9 Å². The van der Waals surface area contributed by atoms with Gasteiger partial charge in [0, 0.05) is 0 Å². The number of benzene rings is 1. The number of hydrogen-bond acceptors (Lipinski definition) is 5. The molecule has 2 N–H and O–H groups in total. The molecule has 1 rings (SSSR count). The summed E-state index contributed by atoms with van der Waals surface area (Å²) in [7, 11) is 0. The van der Waals surface area contributed by atoms with Crippen LogP contribution in [0.5, 0.6) is 0 Å². The van der Waals surface area contributed by atoms with Crippen LogP contribution in [0.2, 0.25) is 0 Å². The first-order valence-corrected chi connectivity index (χ1v) is 6.11. The van der Waals surface area contributed by atoms with E-state index in [0.717, 1.165) is 5.56 Å². The van der Waals surface area contributed by atoms with E-state index in [-0.39, 0.29) is 19.6 Å². The summed E-state index contributed by atoms with van der Waals surface area (Å²) in [5.74, 6) is -1.13. The largest absolute Gasteiger partial charge is 0.466 e. The summed E-state index contributed by atoms with van der Waals surface area (Å²) >= 11 is 0. The average molecular weight is 265 g/mol. The molecule has 0 radical (unpaired) electrons. The number of nitrogens with two attached hydrogens (primary N) is 1. The van der Waals surface area contributed by atoms with Crippen LogP contribution in [0.15, 0.2) is 30.3 Å². The third-order valence-electron chi connectivity index (χ3n) is 2.50. The molecule has 0 spiro atoms. The summed E-state index contributed by atoms with van der Waals surface area (Å²) in [6.45, 7) is 3.54. The van der Waals surface area contributed by atoms with Crippen LogP contribution in [0.3, 0.4) is 0 Å². The van der Waals surface area contributed by atoms with E-state index in [4.69, 9.17) is 15.2 Å². The zero-order valence-corrected chi connectivity index (χ0v) is 11.2. The lowest BCUT2D eigenvalue weighted by molar-refractivity contribution is -0.156. The van der Waals surface area contributed by atoms with Crippen molar-refractivity contribution < 1.29 is 19.1 Å². The SMILES string of the molecule is CCOC(=O)C[C@@](C)(N)C(=O)OCc1ccccc1. The summed E-state index contributed by atoms with van der Waals surface area (Å²) in [6, 6.07) is 9.25. The fourth-order valence-electron chi connectivity index (χ4n) is 1.47. The van der Waals surface area contributed by atoms with E-state index in [0.29, 0.717) is 0 Å². The minimum absolute atomic E-state index is 0.134. The Morgan fingerprint density at radius 2 is 1.84 bits per heavy atom. The molecule has 0 aliphatic rings. The van der Waals surface area contributed by atoms with Gasteiger partial charge in [0.05, 0.1) is 13.0 Å². The summed E-state index contributed by atoms with van der Waals surface area (Å²) < 4.78 is 9.86. The second-order valence-corrected chi connectivity index (χ2v) is 4.46. The van der Waals surface area contributed by atoms with Crippen molar-refractivity contribution in [2.24, 2.45) is 5.73 Å². The average Bonchev–Trinajstić information content (AvgIpc) is 2.36. The van der Waals surface area contributed by atoms with Gasteiger partial charge in [0.1, 0.15) is 12.1 Å². The van der Waals surface area contributed by atoms with Gasteiger partial charge in [0.25, 0.3) is 0 Å². The van der Waals surface area contributed by atoms with E-state index >= 15 is 0 Å². The minimum Gasteiger partial charge on any atom is -0.466 e. The lowest BCUT2D eigenvalue weighted by Crippen LogP contribution is -2.48. The molecule has 0 aromatic heterocycles. The first-order chi connectivity index (χ1) is 8.95. The van der Waals surface area contributed by atoms with Gasteiger partial charge in [-0.05, 0) is 19.4 Å². The van der Waals surface area contributed by atoms with Gasteiger partial charge in [-0.25, -0.2) is 0 Å². The van der Waals surface area contributed by atoms with Crippen LogP contribution in [-0.4, -0.2) is 24.1 Å². The van der Waals surface area contributed by atoms with Gasteiger partial charge in [0.15, 0.2) is 0 Å². The lowest BCUT2D eigenvalue weighted by atomic mass is 10.00. The van der Waals surface area contributed by atoms with Crippen LogP contribution in [-0.2, 0) is 25.7 Å². The molecular formula is C14H19NO4. The molecule has 0 aliphatic heterocycles. The predicted octanol–water partition coefficient (Wildman–Crippen LogP) is 1.40. The fourth-order valence-corrected chi connectivity index (χ4v) is 1.47. The first-order valence-electron chi connectivity index (χ1n) is 6.11. The first kappa shape index (κ1) is 15.2. The molecular weight excluding hydrogens is 246 g/mol. The zero-order valence-electron chi connectivity index (χ0n) is 11.2. The molecule has 1 aromatic rings. The van der Waals surface area contributed by atoms with Gasteiger partial charge in [-0.1, -0.05) is 30.3 Å². The van der Waals surface area contributed by atoms with Crippen molar-refractivity contribution in [2.75, 3.05) is 6.61 Å². The lowest BCUT2D eigenvalue weighted by Gasteiger charge is -2.21. The van der Waals surface area contributed by atoms with Crippen LogP contribution in [0, 0.1) is 0 Å². The van der Waals surface area contributed by atoms with E-state index in [1.165, 1.54) is 6.92 Å². The molecule has 0 heterocycles. The van der Waals surface area contributed by atoms with Gasteiger partial charge in [0.2, 0.25) is 0 Å². The Morgan fingerprint density at radius 1 is 1.21 bits per heavy atom. The van der Waals surface area contributed by atoms with E-state index in [1.54, 1.807) is 6.92 Å². The molecule has 0 bridgehead atoms. The molecule has 0 unspecified atom stereocenters. The predicted molar refractivity (Wildman–Crippen MR) is 70.1 cm³/mol. The molecule has 0 fully saturated rings. The monoisotopic (exact) mass is 265 g/mol. The van der Waals surface area contributed by atoms with Crippen molar-refractivity contribution in [1.82, 2.24) is 0 Å². The topological polar surface area (TPSA) is 78.6 Å². The van der Waals surface area contributed by atoms with Crippen LogP contribution in [0.25, 0.3) is 0 Å². The fraction of sp³-hybridized carbons (Fsp3) is 0.429. The summed E-state index contributed by atoms with van der Waals surface area (Å²) in [6.07, 6.45) is -0.200. The molecule has 0 saturated carbocycles. The Kier molecular flexibility index (Phi) is 5.51. The summed E-state index contributed by atoms with van der Waals surface area (Å²) in [5.41, 5.74) is 5.27. The van der Waals surface area contributed by atoms with Crippen molar-refractivity contribution in [3.63, 3.8) is 0 Å². The van der Waals surface area contributed by atoms with Gasteiger partial charge in [-0.2, -0.15) is 0 Å². The number of hydrogen-bond donors (Lipinski definition) is 1. The van der Waals surface area contributed by atoms with E-state index in [2.05, 4.69) is 0 Å². The number of carbonyl (C=O) groups is 2. The maximum Gasteiger partial charge on any atom is 0.326 e. The van der Waals surface area contributed by atoms with Gasteiger partial charge >= 0.3 is 11.9 Å². The Hall–Kier alpha value is -1.88. The van der Waals surface area contributed by atoms with E-state index < -0.39 is 17.5 Å². The maximum absolute atomic E-state index is 11.8. The number of esters is 2. The number of carbonyl (C=O) groups excluding carboxylic acids is 2. The van der Waals surface area contributed by atoms with Crippen molar-refractivity contribution in [2.45, 2.75) is 32.4 Å². The van der Waals surface area contributed by atoms with E-state index in [1.807, 2.05) is 30.3 Å². The highest BCUT2D eigenvalue weighted by molar-refractivity contribution is 5.86. The third kappa shape index (κ3) is 5.09. The minimum atomic E-state index is -1.37. The Bertz CT molecular complexity index is 428. The second-order valence-electron chi connectivity index (χ2n) is 4.46. The second kappa shape index (κ2) is 6.89. The Labute approximate surface area is 112 Å². The van der Waals surface area contributed by atoms with Crippen molar-refractivity contribution in [3.8, 4) is 0 Å². The highest BCUT2D eigenvalue weighted by Gasteiger charge is 2.33. The van der Waals surface area contributed by atoms with Gasteiger partial charge in [-0.15, -0.1) is 0 Å². The van der Waals surface area contributed by atoms with Crippen LogP contribution >= 0.6 is 0 Å². The van der Waals surface area contributed by atoms with Gasteiger partial charge < -0.3 is 15.2 Å². The highest BCUT2D eigenvalue weighted by atomic mass is 16.5. The smallest absolute Gasteiger partial charge is 0.326 e. The normalized spacial score (nSPS) is 13.4. The molecule has 5 nitrogen and oxygen atoms in total. The molecule has 0 aliphatic carbocycles. The molecule has 19 heavy (non-hydrogen) atoms.